The zero-order chi connectivity index (χ0) is 9.97. The van der Waals surface area contributed by atoms with Crippen LogP contribution in [0.15, 0.2) is 41.5 Å². The maximum absolute atomic E-state index is 11.2. The predicted molar refractivity (Wildman–Crippen MR) is 51.1 cm³/mol. The van der Waals surface area contributed by atoms with E-state index < -0.39 is 0 Å². The second kappa shape index (κ2) is 3.23. The van der Waals surface area contributed by atoms with Crippen LogP contribution in [0.25, 0.3) is 5.69 Å². The lowest BCUT2D eigenvalue weighted by Crippen LogP contribution is -2.13. The SMILES string of the molecule is N#Cc1ccc(-n2cc[nH]c2=O)cc1. The highest BCUT2D eigenvalue weighted by atomic mass is 16.1. The summed E-state index contributed by atoms with van der Waals surface area (Å²) in [7, 11) is 0. The van der Waals surface area contributed by atoms with Crippen molar-refractivity contribution in [2.75, 3.05) is 0 Å². The third-order valence-electron chi connectivity index (χ3n) is 1.92. The molecular weight excluding hydrogens is 178 g/mol. The van der Waals surface area contributed by atoms with Crippen LogP contribution in [-0.4, -0.2) is 9.55 Å². The number of hydrogen-bond acceptors (Lipinski definition) is 2. The van der Waals surface area contributed by atoms with Crippen molar-refractivity contribution in [2.45, 2.75) is 0 Å². The highest BCUT2D eigenvalue weighted by Gasteiger charge is 1.98. The molecule has 0 radical (unpaired) electrons. The fourth-order valence-electron chi connectivity index (χ4n) is 1.22. The molecule has 1 aromatic heterocycles. The number of nitrogens with zero attached hydrogens (tertiary/aromatic N) is 2. The van der Waals surface area contributed by atoms with Crippen LogP contribution in [0.2, 0.25) is 0 Å². The molecule has 0 atom stereocenters. The molecule has 0 aliphatic rings. The second-order valence-electron chi connectivity index (χ2n) is 2.79. The molecule has 0 unspecified atom stereocenters. The van der Waals surface area contributed by atoms with Crippen molar-refractivity contribution in [1.29, 1.82) is 5.26 Å². The van der Waals surface area contributed by atoms with Crippen LogP contribution in [0.4, 0.5) is 0 Å². The summed E-state index contributed by atoms with van der Waals surface area (Å²) in [6, 6.07) is 8.83. The molecule has 1 N–H and O–H groups in total. The number of imidazole rings is 1. The summed E-state index contributed by atoms with van der Waals surface area (Å²) in [5.41, 5.74) is 1.14. The van der Waals surface area contributed by atoms with E-state index >= 15 is 0 Å². The average Bonchev–Trinajstić information content (AvgIpc) is 2.65. The van der Waals surface area contributed by atoms with Gasteiger partial charge >= 0.3 is 5.69 Å². The number of rotatable bonds is 1. The van der Waals surface area contributed by atoms with E-state index in [1.807, 2.05) is 6.07 Å². The Bertz CT molecular complexity index is 527. The van der Waals surface area contributed by atoms with Crippen LogP contribution in [0.3, 0.4) is 0 Å². The van der Waals surface area contributed by atoms with E-state index in [1.54, 1.807) is 36.7 Å². The number of aromatic nitrogens is 2. The molecule has 68 valence electrons. The van der Waals surface area contributed by atoms with Gasteiger partial charge in [-0.1, -0.05) is 0 Å². The zero-order valence-corrected chi connectivity index (χ0v) is 7.27. The smallest absolute Gasteiger partial charge is 0.312 e. The molecule has 14 heavy (non-hydrogen) atoms. The Morgan fingerprint density at radius 1 is 1.29 bits per heavy atom. The standard InChI is InChI=1S/C10H7N3O/c11-7-8-1-3-9(4-2-8)13-6-5-12-10(13)14/h1-6H,(H,12,14). The van der Waals surface area contributed by atoms with Crippen LogP contribution in [-0.2, 0) is 0 Å². The van der Waals surface area contributed by atoms with Crippen LogP contribution in [0, 0.1) is 11.3 Å². The first-order chi connectivity index (χ1) is 6.81. The van der Waals surface area contributed by atoms with Crippen LogP contribution in [0.1, 0.15) is 5.56 Å². The minimum absolute atomic E-state index is 0.185. The van der Waals surface area contributed by atoms with E-state index in [9.17, 15) is 4.79 Å². The number of H-pyrrole nitrogens is 1. The Hall–Kier alpha value is -2.28. The summed E-state index contributed by atoms with van der Waals surface area (Å²) in [4.78, 5) is 13.8. The van der Waals surface area contributed by atoms with Crippen molar-refractivity contribution < 1.29 is 0 Å². The monoisotopic (exact) mass is 185 g/mol. The van der Waals surface area contributed by atoms with Crippen molar-refractivity contribution in [3.63, 3.8) is 0 Å². The lowest BCUT2D eigenvalue weighted by Gasteiger charge is -1.99. The van der Waals surface area contributed by atoms with Gasteiger partial charge in [0.05, 0.1) is 17.3 Å². The van der Waals surface area contributed by atoms with E-state index in [0.717, 1.165) is 5.69 Å². The third-order valence-corrected chi connectivity index (χ3v) is 1.92. The van der Waals surface area contributed by atoms with Crippen LogP contribution >= 0.6 is 0 Å². The largest absolute Gasteiger partial charge is 0.330 e. The summed E-state index contributed by atoms with van der Waals surface area (Å²) in [5, 5.41) is 8.59. The van der Waals surface area contributed by atoms with E-state index in [4.69, 9.17) is 5.26 Å². The molecule has 1 heterocycles. The normalized spacial score (nSPS) is 9.64. The molecule has 0 bridgehead atoms. The summed E-state index contributed by atoms with van der Waals surface area (Å²) < 4.78 is 1.47. The molecule has 0 spiro atoms. The van der Waals surface area contributed by atoms with Crippen molar-refractivity contribution in [3.05, 3.63) is 52.7 Å². The first-order valence-corrected chi connectivity index (χ1v) is 4.08. The Balaban J connectivity index is 2.50. The van der Waals surface area contributed by atoms with Crippen molar-refractivity contribution in [3.8, 4) is 11.8 Å². The molecular formula is C10H7N3O. The summed E-state index contributed by atoms with van der Waals surface area (Å²) >= 11 is 0. The van der Waals surface area contributed by atoms with Gasteiger partial charge in [-0.3, -0.25) is 4.57 Å². The molecule has 2 aromatic rings. The van der Waals surface area contributed by atoms with Gasteiger partial charge in [-0.2, -0.15) is 5.26 Å². The quantitative estimate of drug-likeness (QED) is 0.721. The van der Waals surface area contributed by atoms with Gasteiger partial charge in [-0.05, 0) is 24.3 Å². The maximum atomic E-state index is 11.2. The molecule has 4 heteroatoms. The van der Waals surface area contributed by atoms with E-state index in [0.29, 0.717) is 5.56 Å². The van der Waals surface area contributed by atoms with Crippen molar-refractivity contribution in [1.82, 2.24) is 9.55 Å². The summed E-state index contributed by atoms with van der Waals surface area (Å²) in [5.74, 6) is 0. The van der Waals surface area contributed by atoms with Crippen LogP contribution < -0.4 is 5.69 Å². The van der Waals surface area contributed by atoms with E-state index in [2.05, 4.69) is 4.98 Å². The highest BCUT2D eigenvalue weighted by Crippen LogP contribution is 2.06. The van der Waals surface area contributed by atoms with Gasteiger partial charge in [-0.15, -0.1) is 0 Å². The Labute approximate surface area is 80.0 Å². The van der Waals surface area contributed by atoms with Gasteiger partial charge in [0.25, 0.3) is 0 Å². The molecule has 0 saturated carbocycles. The number of hydrogen-bond donors (Lipinski definition) is 1. The van der Waals surface area contributed by atoms with E-state index in [1.165, 1.54) is 4.57 Å². The van der Waals surface area contributed by atoms with Gasteiger partial charge < -0.3 is 4.98 Å². The lowest BCUT2D eigenvalue weighted by molar-refractivity contribution is 0.987. The summed E-state index contributed by atoms with van der Waals surface area (Å²) in [6.07, 6.45) is 3.21. The molecule has 0 fully saturated rings. The Morgan fingerprint density at radius 3 is 2.50 bits per heavy atom. The fraction of sp³-hybridized carbons (Fsp3) is 0. The number of nitrogens with one attached hydrogen (secondary N) is 1. The molecule has 2 rings (SSSR count). The average molecular weight is 185 g/mol. The van der Waals surface area contributed by atoms with Crippen LogP contribution in [0.5, 0.6) is 0 Å². The molecule has 0 aliphatic heterocycles. The molecule has 0 aliphatic carbocycles. The van der Waals surface area contributed by atoms with Crippen molar-refractivity contribution >= 4 is 0 Å². The molecule has 4 nitrogen and oxygen atoms in total. The first-order valence-electron chi connectivity index (χ1n) is 4.08. The fourth-order valence-corrected chi connectivity index (χ4v) is 1.22. The summed E-state index contributed by atoms with van der Waals surface area (Å²) in [6.45, 7) is 0. The number of aromatic amines is 1. The Morgan fingerprint density at radius 2 is 2.00 bits per heavy atom. The zero-order valence-electron chi connectivity index (χ0n) is 7.27. The second-order valence-corrected chi connectivity index (χ2v) is 2.79. The molecule has 0 saturated heterocycles. The molecule has 0 amide bonds. The number of nitriles is 1. The maximum Gasteiger partial charge on any atom is 0.330 e. The van der Waals surface area contributed by atoms with Gasteiger partial charge in [0, 0.05) is 12.4 Å². The molecule has 1 aromatic carbocycles. The Kier molecular flexibility index (Phi) is 1.92. The van der Waals surface area contributed by atoms with Gasteiger partial charge in [-0.25, -0.2) is 4.79 Å². The lowest BCUT2D eigenvalue weighted by atomic mass is 10.2. The predicted octanol–water partition coefficient (Wildman–Crippen LogP) is 1.04. The van der Waals surface area contributed by atoms with Gasteiger partial charge in [0.1, 0.15) is 0 Å². The van der Waals surface area contributed by atoms with Crippen molar-refractivity contribution in [2.24, 2.45) is 0 Å². The highest BCUT2D eigenvalue weighted by molar-refractivity contribution is 5.39. The van der Waals surface area contributed by atoms with Gasteiger partial charge in [0.2, 0.25) is 0 Å². The topological polar surface area (TPSA) is 61.6 Å². The minimum atomic E-state index is -0.185. The first kappa shape index (κ1) is 8.32. The third kappa shape index (κ3) is 1.31. The number of benzene rings is 1. The van der Waals surface area contributed by atoms with E-state index in [-0.39, 0.29) is 5.69 Å². The minimum Gasteiger partial charge on any atom is -0.312 e. The van der Waals surface area contributed by atoms with Gasteiger partial charge in [0.15, 0.2) is 0 Å².